The van der Waals surface area contributed by atoms with Crippen molar-refractivity contribution in [1.82, 2.24) is 0 Å². The minimum atomic E-state index is -0.958. The summed E-state index contributed by atoms with van der Waals surface area (Å²) in [6.07, 6.45) is 8.60. The zero-order valence-corrected chi connectivity index (χ0v) is 20.8. The Morgan fingerprint density at radius 1 is 0.829 bits per heavy atom. The van der Waals surface area contributed by atoms with Crippen LogP contribution in [-0.2, 0) is 5.41 Å². The molecule has 4 atom stereocenters. The van der Waals surface area contributed by atoms with Gasteiger partial charge in [0, 0.05) is 41.4 Å². The Balaban J connectivity index is 1.42. The molecule has 3 heteroatoms. The number of rotatable bonds is 0. The number of hydrogen-bond donors (Lipinski definition) is 0. The van der Waals surface area contributed by atoms with E-state index in [0.717, 1.165) is 31.2 Å². The van der Waals surface area contributed by atoms with E-state index >= 15 is 0 Å². The highest BCUT2D eigenvalue weighted by atomic mass is 15.3. The molecular formula is C32H33BN2. The molecule has 3 aromatic carbocycles. The van der Waals surface area contributed by atoms with Crippen molar-refractivity contribution in [3.05, 3.63) is 65.7 Å². The van der Waals surface area contributed by atoms with Crippen LogP contribution >= 0.6 is 0 Å². The van der Waals surface area contributed by atoms with Crippen LogP contribution in [0.4, 0.5) is 22.7 Å². The van der Waals surface area contributed by atoms with Crippen molar-refractivity contribution in [2.45, 2.75) is 88.1 Å². The largest absolute Gasteiger partial charge is 0.338 e. The van der Waals surface area contributed by atoms with Crippen LogP contribution in [0.25, 0.3) is 0 Å². The van der Waals surface area contributed by atoms with Crippen LogP contribution in [0, 0.1) is 0 Å². The fourth-order valence-electron chi connectivity index (χ4n) is 9.22. The van der Waals surface area contributed by atoms with Crippen LogP contribution < -0.4 is 26.2 Å². The first-order chi connectivity index (χ1) is 17.9. The van der Waals surface area contributed by atoms with Crippen LogP contribution in [-0.4, -0.2) is 18.3 Å². The Morgan fingerprint density at radius 2 is 1.57 bits per heavy atom. The molecule has 9 rings (SSSR count). The second-order valence-electron chi connectivity index (χ2n) is 12.2. The summed E-state index contributed by atoms with van der Waals surface area (Å²) < 4.78 is 19.7. The first-order valence-electron chi connectivity index (χ1n) is 14.9. The third-order valence-corrected chi connectivity index (χ3v) is 10.9. The molecule has 6 aliphatic rings. The lowest BCUT2D eigenvalue weighted by Crippen LogP contribution is -2.65. The van der Waals surface area contributed by atoms with Crippen molar-refractivity contribution >= 4 is 45.9 Å². The summed E-state index contributed by atoms with van der Waals surface area (Å²) in [5.41, 5.74) is 12.0. The minimum absolute atomic E-state index is 0.0413. The number of benzene rings is 3. The first-order valence-corrected chi connectivity index (χ1v) is 13.9. The Kier molecular flexibility index (Phi) is 3.12. The molecule has 2 saturated carbocycles. The van der Waals surface area contributed by atoms with Crippen molar-refractivity contribution in [1.29, 1.82) is 0 Å². The molecule has 0 N–H and O–H groups in total. The van der Waals surface area contributed by atoms with Gasteiger partial charge in [-0.15, -0.1) is 0 Å². The molecule has 35 heavy (non-hydrogen) atoms. The van der Waals surface area contributed by atoms with Gasteiger partial charge in [0.05, 0.1) is 6.91 Å². The van der Waals surface area contributed by atoms with Gasteiger partial charge in [-0.3, -0.25) is 0 Å². The van der Waals surface area contributed by atoms with Gasteiger partial charge < -0.3 is 9.80 Å². The highest BCUT2D eigenvalue weighted by molar-refractivity contribution is 7.00. The van der Waals surface area contributed by atoms with Gasteiger partial charge in [-0.1, -0.05) is 75.1 Å². The third kappa shape index (κ3) is 1.99. The zero-order chi connectivity index (χ0) is 24.9. The van der Waals surface area contributed by atoms with Gasteiger partial charge in [-0.25, -0.2) is 0 Å². The summed E-state index contributed by atoms with van der Waals surface area (Å²) in [5, 5.41) is 0. The topological polar surface area (TPSA) is 6.48 Å². The Bertz CT molecular complexity index is 1440. The van der Waals surface area contributed by atoms with E-state index in [1.807, 2.05) is 0 Å². The van der Waals surface area contributed by atoms with Crippen molar-refractivity contribution in [3.8, 4) is 0 Å². The zero-order valence-electron chi connectivity index (χ0n) is 22.8. The number of fused-ring (bicyclic) bond motifs is 10. The molecule has 2 nitrogen and oxygen atoms in total. The highest BCUT2D eigenvalue weighted by Gasteiger charge is 2.61. The number of hydrogen-bond acceptors (Lipinski definition) is 2. The second-order valence-corrected chi connectivity index (χ2v) is 12.2. The van der Waals surface area contributed by atoms with E-state index in [9.17, 15) is 2.74 Å². The Labute approximate surface area is 212 Å². The van der Waals surface area contributed by atoms with Gasteiger partial charge in [0.2, 0.25) is 0 Å². The molecule has 0 aromatic heterocycles. The summed E-state index contributed by atoms with van der Waals surface area (Å²) in [7, 11) is 0. The predicted octanol–water partition coefficient (Wildman–Crippen LogP) is 5.75. The average Bonchev–Trinajstić information content (AvgIpc) is 3.25. The maximum atomic E-state index is 9.94. The van der Waals surface area contributed by atoms with Crippen LogP contribution in [0.2, 0.25) is 0 Å². The van der Waals surface area contributed by atoms with Crippen molar-refractivity contribution in [3.63, 3.8) is 0 Å². The van der Waals surface area contributed by atoms with Gasteiger partial charge in [-0.05, 0) is 72.3 Å². The lowest BCUT2D eigenvalue weighted by atomic mass is 9.33. The Hall–Kier alpha value is -2.68. The molecule has 0 bridgehead atoms. The maximum Gasteiger partial charge on any atom is 0.252 e. The molecule has 4 unspecified atom stereocenters. The summed E-state index contributed by atoms with van der Waals surface area (Å²) in [6, 6.07) is 19.6. The molecule has 3 aromatic rings. The van der Waals surface area contributed by atoms with Crippen molar-refractivity contribution < 1.29 is 2.74 Å². The number of nitrogens with zero attached hydrogens (tertiary/aromatic N) is 2. The van der Waals surface area contributed by atoms with Crippen molar-refractivity contribution in [2.24, 2.45) is 0 Å². The van der Waals surface area contributed by atoms with E-state index in [-0.39, 0.29) is 17.7 Å². The van der Waals surface area contributed by atoms with Gasteiger partial charge in [0.15, 0.2) is 0 Å². The standard InChI is InChI=1S/C32H33BN2/c1-31-18-5-6-19-32(31,2)35-27-17-9-16-26-28(27)33(24-14-8-12-22(31)30(24)35)23-13-7-11-21-20-10-3-4-15-25(20)34(26)29(21)23/h7-9,11-14,16-17,20,25H,3-6,10,15,18-19H2,1-2H3/i20D,25D. The molecule has 0 spiro atoms. The van der Waals surface area contributed by atoms with E-state index in [1.165, 1.54) is 70.4 Å². The molecule has 2 fully saturated rings. The molecular weight excluding hydrogens is 423 g/mol. The van der Waals surface area contributed by atoms with Gasteiger partial charge >= 0.3 is 0 Å². The SMILES string of the molecule is [2H]C12CCCCC1([2H])N1c3cccc4c3B(c3cccc2c31)c1cccc2c1N4C1(C)CCCCC21C. The van der Waals surface area contributed by atoms with Crippen LogP contribution in [0.15, 0.2) is 54.6 Å². The summed E-state index contributed by atoms with van der Waals surface area (Å²) in [4.78, 5) is 5.06. The fourth-order valence-corrected chi connectivity index (χ4v) is 9.22. The van der Waals surface area contributed by atoms with E-state index in [0.29, 0.717) is 0 Å². The smallest absolute Gasteiger partial charge is 0.252 e. The summed E-state index contributed by atoms with van der Waals surface area (Å²) in [5.74, 6) is -0.887. The molecule has 4 heterocycles. The average molecular weight is 458 g/mol. The molecule has 2 aliphatic carbocycles. The normalized spacial score (nSPS) is 37.6. The monoisotopic (exact) mass is 458 g/mol. The summed E-state index contributed by atoms with van der Waals surface area (Å²) >= 11 is 0. The number of para-hydroxylation sites is 2. The van der Waals surface area contributed by atoms with Crippen molar-refractivity contribution in [2.75, 3.05) is 9.80 Å². The summed E-state index contributed by atoms with van der Waals surface area (Å²) in [6.45, 7) is 5.19. The van der Waals surface area contributed by atoms with E-state index in [4.69, 9.17) is 0 Å². The lowest BCUT2D eigenvalue weighted by molar-refractivity contribution is 0.195. The predicted molar refractivity (Wildman–Crippen MR) is 147 cm³/mol. The molecule has 0 radical (unpaired) electrons. The van der Waals surface area contributed by atoms with E-state index in [2.05, 4.69) is 78.2 Å². The minimum Gasteiger partial charge on any atom is -0.338 e. The second kappa shape index (κ2) is 6.17. The molecule has 0 saturated heterocycles. The van der Waals surface area contributed by atoms with Gasteiger partial charge in [-0.2, -0.15) is 0 Å². The van der Waals surface area contributed by atoms with Crippen LogP contribution in [0.5, 0.6) is 0 Å². The van der Waals surface area contributed by atoms with E-state index < -0.39 is 11.9 Å². The lowest BCUT2D eigenvalue weighted by Gasteiger charge is -2.52. The highest BCUT2D eigenvalue weighted by Crippen LogP contribution is 2.62. The van der Waals surface area contributed by atoms with E-state index in [1.54, 1.807) is 0 Å². The maximum absolute atomic E-state index is 9.94. The van der Waals surface area contributed by atoms with Gasteiger partial charge in [0.1, 0.15) is 0 Å². The quantitative estimate of drug-likeness (QED) is 0.396. The molecule has 4 aliphatic heterocycles. The third-order valence-electron chi connectivity index (χ3n) is 10.9. The molecule has 0 amide bonds. The Morgan fingerprint density at radius 3 is 2.49 bits per heavy atom. The van der Waals surface area contributed by atoms with Gasteiger partial charge in [0.25, 0.3) is 6.71 Å². The molecule has 174 valence electrons. The fraction of sp³-hybridized carbons (Fsp3) is 0.438. The van der Waals surface area contributed by atoms with Crippen LogP contribution in [0.1, 0.15) is 85.0 Å². The number of anilines is 4. The van der Waals surface area contributed by atoms with Crippen LogP contribution in [0.3, 0.4) is 0 Å². The first kappa shape index (κ1) is 17.7.